The van der Waals surface area contributed by atoms with Gasteiger partial charge in [0, 0.05) is 31.0 Å². The molecule has 0 aliphatic carbocycles. The summed E-state index contributed by atoms with van der Waals surface area (Å²) in [5.74, 6) is 0. The predicted molar refractivity (Wildman–Crippen MR) is 58.0 cm³/mol. The van der Waals surface area contributed by atoms with Crippen molar-refractivity contribution in [1.29, 1.82) is 0 Å². The van der Waals surface area contributed by atoms with E-state index in [4.69, 9.17) is 5.73 Å². The number of aromatic nitrogens is 2. The van der Waals surface area contributed by atoms with Crippen molar-refractivity contribution in [2.45, 2.75) is 25.9 Å². The molecule has 1 rings (SSSR count). The Labute approximate surface area is 85.7 Å². The zero-order valence-corrected chi connectivity index (χ0v) is 9.27. The summed E-state index contributed by atoms with van der Waals surface area (Å²) in [7, 11) is 2.09. The van der Waals surface area contributed by atoms with Crippen LogP contribution in [0.4, 0.5) is 0 Å². The number of likely N-dealkylation sites (N-methyl/N-ethyl adjacent to an activating group) is 1. The summed E-state index contributed by atoms with van der Waals surface area (Å²) in [6.45, 7) is 6.84. The van der Waals surface area contributed by atoms with E-state index in [1.807, 2.05) is 16.9 Å². The molecule has 0 aliphatic rings. The van der Waals surface area contributed by atoms with Gasteiger partial charge in [0.25, 0.3) is 0 Å². The lowest BCUT2D eigenvalue weighted by Gasteiger charge is -2.34. The molecule has 14 heavy (non-hydrogen) atoms. The highest BCUT2D eigenvalue weighted by atomic mass is 15.3. The third-order valence-electron chi connectivity index (χ3n) is 2.76. The Kier molecular flexibility index (Phi) is 3.66. The zero-order valence-electron chi connectivity index (χ0n) is 9.27. The highest BCUT2D eigenvalue weighted by Crippen LogP contribution is 2.09. The monoisotopic (exact) mass is 196 g/mol. The smallest absolute Gasteiger partial charge is 0.0536 e. The predicted octanol–water partition coefficient (Wildman–Crippen LogP) is 0.552. The average Bonchev–Trinajstić information content (AvgIpc) is 2.66. The van der Waals surface area contributed by atoms with Crippen LogP contribution >= 0.6 is 0 Å². The second-order valence-electron chi connectivity index (χ2n) is 4.21. The summed E-state index contributed by atoms with van der Waals surface area (Å²) in [4.78, 5) is 2.26. The van der Waals surface area contributed by atoms with Crippen molar-refractivity contribution in [3.63, 3.8) is 0 Å². The average molecular weight is 196 g/mol. The Morgan fingerprint density at radius 3 is 2.71 bits per heavy atom. The Morgan fingerprint density at radius 2 is 2.21 bits per heavy atom. The minimum Gasteiger partial charge on any atom is -0.329 e. The molecule has 0 atom stereocenters. The molecule has 4 heteroatoms. The first kappa shape index (κ1) is 11.2. The third-order valence-corrected chi connectivity index (χ3v) is 2.76. The second kappa shape index (κ2) is 4.57. The Morgan fingerprint density at radius 1 is 1.50 bits per heavy atom. The van der Waals surface area contributed by atoms with E-state index >= 15 is 0 Å². The van der Waals surface area contributed by atoms with Crippen molar-refractivity contribution in [2.24, 2.45) is 5.73 Å². The molecule has 0 radical (unpaired) electrons. The molecular formula is C10H20N4. The van der Waals surface area contributed by atoms with Gasteiger partial charge in [-0.2, -0.15) is 5.10 Å². The molecular weight excluding hydrogens is 176 g/mol. The molecule has 0 spiro atoms. The summed E-state index contributed by atoms with van der Waals surface area (Å²) >= 11 is 0. The molecule has 0 aliphatic heterocycles. The van der Waals surface area contributed by atoms with Crippen molar-refractivity contribution < 1.29 is 0 Å². The van der Waals surface area contributed by atoms with Crippen molar-refractivity contribution in [1.82, 2.24) is 14.7 Å². The Bertz CT molecular complexity index is 253. The van der Waals surface area contributed by atoms with Gasteiger partial charge in [0.15, 0.2) is 0 Å². The number of hydrogen-bond acceptors (Lipinski definition) is 3. The first-order valence-corrected chi connectivity index (χ1v) is 4.95. The minimum atomic E-state index is 0.0627. The number of rotatable bonds is 5. The molecule has 4 nitrogen and oxygen atoms in total. The summed E-state index contributed by atoms with van der Waals surface area (Å²) in [5.41, 5.74) is 5.75. The van der Waals surface area contributed by atoms with Crippen LogP contribution in [-0.4, -0.2) is 40.4 Å². The molecule has 0 bridgehead atoms. The molecule has 0 amide bonds. The molecule has 2 N–H and O–H groups in total. The fraction of sp³-hybridized carbons (Fsp3) is 0.700. The summed E-state index contributed by atoms with van der Waals surface area (Å²) < 4.78 is 1.93. The van der Waals surface area contributed by atoms with Gasteiger partial charge in [-0.05, 0) is 27.0 Å². The number of hydrogen-bond donors (Lipinski definition) is 1. The first-order chi connectivity index (χ1) is 6.56. The number of nitrogens with zero attached hydrogens (tertiary/aromatic N) is 3. The van der Waals surface area contributed by atoms with E-state index in [2.05, 4.69) is 30.9 Å². The molecule has 0 aromatic carbocycles. The van der Waals surface area contributed by atoms with Gasteiger partial charge in [-0.15, -0.1) is 0 Å². The van der Waals surface area contributed by atoms with Crippen LogP contribution in [0.25, 0.3) is 0 Å². The lowest BCUT2D eigenvalue weighted by atomic mass is 10.0. The van der Waals surface area contributed by atoms with Crippen molar-refractivity contribution >= 4 is 0 Å². The zero-order chi connectivity index (χ0) is 10.6. The van der Waals surface area contributed by atoms with Crippen LogP contribution in [0, 0.1) is 0 Å². The fourth-order valence-corrected chi connectivity index (χ4v) is 1.14. The summed E-state index contributed by atoms with van der Waals surface area (Å²) in [6.07, 6.45) is 3.78. The van der Waals surface area contributed by atoms with E-state index in [9.17, 15) is 0 Å². The SMILES string of the molecule is CN(CCn1cccn1)C(C)(C)CN. The molecule has 1 heterocycles. The minimum absolute atomic E-state index is 0.0627. The van der Waals surface area contributed by atoms with Crippen molar-refractivity contribution in [3.05, 3.63) is 18.5 Å². The molecule has 1 aromatic heterocycles. The van der Waals surface area contributed by atoms with Crippen LogP contribution in [0.15, 0.2) is 18.5 Å². The van der Waals surface area contributed by atoms with Crippen LogP contribution in [-0.2, 0) is 6.54 Å². The third kappa shape index (κ3) is 2.82. The van der Waals surface area contributed by atoms with Gasteiger partial charge >= 0.3 is 0 Å². The van der Waals surface area contributed by atoms with Gasteiger partial charge in [-0.25, -0.2) is 0 Å². The van der Waals surface area contributed by atoms with Crippen LogP contribution in [0.1, 0.15) is 13.8 Å². The van der Waals surface area contributed by atoms with Gasteiger partial charge in [0.2, 0.25) is 0 Å². The van der Waals surface area contributed by atoms with E-state index in [0.717, 1.165) is 13.1 Å². The quantitative estimate of drug-likeness (QED) is 0.748. The highest BCUT2D eigenvalue weighted by molar-refractivity contribution is 4.81. The molecule has 0 saturated carbocycles. The van der Waals surface area contributed by atoms with Gasteiger partial charge in [-0.1, -0.05) is 0 Å². The first-order valence-electron chi connectivity index (χ1n) is 4.95. The molecule has 1 aromatic rings. The molecule has 0 unspecified atom stereocenters. The standard InChI is InChI=1S/C10H20N4/c1-10(2,9-11)13(3)7-8-14-6-4-5-12-14/h4-6H,7-9,11H2,1-3H3. The highest BCUT2D eigenvalue weighted by Gasteiger charge is 2.20. The van der Waals surface area contributed by atoms with E-state index in [-0.39, 0.29) is 5.54 Å². The lowest BCUT2D eigenvalue weighted by Crippen LogP contribution is -2.48. The van der Waals surface area contributed by atoms with Crippen LogP contribution in [0.5, 0.6) is 0 Å². The van der Waals surface area contributed by atoms with E-state index in [1.54, 1.807) is 6.20 Å². The van der Waals surface area contributed by atoms with E-state index in [1.165, 1.54) is 0 Å². The normalized spacial score (nSPS) is 12.4. The van der Waals surface area contributed by atoms with Crippen molar-refractivity contribution in [2.75, 3.05) is 20.1 Å². The van der Waals surface area contributed by atoms with Gasteiger partial charge in [-0.3, -0.25) is 9.58 Å². The maximum Gasteiger partial charge on any atom is 0.0536 e. The van der Waals surface area contributed by atoms with E-state index < -0.39 is 0 Å². The lowest BCUT2D eigenvalue weighted by molar-refractivity contribution is 0.156. The topological polar surface area (TPSA) is 47.1 Å². The molecule has 0 fully saturated rings. The van der Waals surface area contributed by atoms with Gasteiger partial charge in [0.1, 0.15) is 0 Å². The maximum absolute atomic E-state index is 5.69. The Hall–Kier alpha value is -0.870. The maximum atomic E-state index is 5.69. The van der Waals surface area contributed by atoms with Gasteiger partial charge < -0.3 is 5.73 Å². The van der Waals surface area contributed by atoms with Crippen LogP contribution in [0.3, 0.4) is 0 Å². The fourth-order valence-electron chi connectivity index (χ4n) is 1.14. The Balaban J connectivity index is 2.38. The van der Waals surface area contributed by atoms with Crippen molar-refractivity contribution in [3.8, 4) is 0 Å². The summed E-state index contributed by atoms with van der Waals surface area (Å²) in [6, 6.07) is 1.94. The van der Waals surface area contributed by atoms with Crippen LogP contribution < -0.4 is 5.73 Å². The molecule has 80 valence electrons. The second-order valence-corrected chi connectivity index (χ2v) is 4.21. The van der Waals surface area contributed by atoms with Gasteiger partial charge in [0.05, 0.1) is 6.54 Å². The van der Waals surface area contributed by atoms with Crippen LogP contribution in [0.2, 0.25) is 0 Å². The molecule has 0 saturated heterocycles. The largest absolute Gasteiger partial charge is 0.329 e. The van der Waals surface area contributed by atoms with E-state index in [0.29, 0.717) is 6.54 Å². The summed E-state index contributed by atoms with van der Waals surface area (Å²) in [5, 5.41) is 4.15. The number of nitrogens with two attached hydrogens (primary N) is 1.